The van der Waals surface area contributed by atoms with E-state index in [-0.39, 0.29) is 16.2 Å². The molecule has 9 nitrogen and oxygen atoms in total. The first-order chi connectivity index (χ1) is 13.3. The van der Waals surface area contributed by atoms with E-state index in [2.05, 4.69) is 10.6 Å². The predicted octanol–water partition coefficient (Wildman–Crippen LogP) is 2.41. The van der Waals surface area contributed by atoms with Gasteiger partial charge >= 0.3 is 0 Å². The van der Waals surface area contributed by atoms with Crippen molar-refractivity contribution in [1.82, 2.24) is 0 Å². The van der Waals surface area contributed by atoms with E-state index in [1.165, 1.54) is 38.6 Å². The number of benzene rings is 2. The van der Waals surface area contributed by atoms with Crippen LogP contribution in [0.4, 0.5) is 11.4 Å². The summed E-state index contributed by atoms with van der Waals surface area (Å²) >= 11 is 0. The third-order valence-corrected chi connectivity index (χ3v) is 4.39. The normalized spacial score (nSPS) is 11.3. The number of rotatable bonds is 7. The van der Waals surface area contributed by atoms with Gasteiger partial charge in [-0.3, -0.25) is 9.35 Å². The van der Waals surface area contributed by atoms with Crippen LogP contribution in [0, 0.1) is 11.3 Å². The highest BCUT2D eigenvalue weighted by Crippen LogP contribution is 2.29. The maximum absolute atomic E-state index is 12.3. The molecular weight excluding hydrogens is 386 g/mol. The predicted molar refractivity (Wildman–Crippen MR) is 102 cm³/mol. The van der Waals surface area contributed by atoms with E-state index in [0.29, 0.717) is 17.2 Å². The highest BCUT2D eigenvalue weighted by atomic mass is 32.2. The van der Waals surface area contributed by atoms with Gasteiger partial charge in [0.25, 0.3) is 16.0 Å². The average Bonchev–Trinajstić information content (AvgIpc) is 2.68. The van der Waals surface area contributed by atoms with Gasteiger partial charge < -0.3 is 20.1 Å². The number of methoxy groups -OCH3 is 2. The second-order valence-corrected chi connectivity index (χ2v) is 6.76. The Labute approximate surface area is 161 Å². The first kappa shape index (κ1) is 20.8. The summed E-state index contributed by atoms with van der Waals surface area (Å²) in [5, 5.41) is 14.4. The Bertz CT molecular complexity index is 1060. The van der Waals surface area contributed by atoms with Crippen molar-refractivity contribution in [2.45, 2.75) is 4.90 Å². The van der Waals surface area contributed by atoms with Crippen LogP contribution in [0.2, 0.25) is 0 Å². The maximum Gasteiger partial charge on any atom is 0.294 e. The number of ether oxygens (including phenoxy) is 2. The number of hydrogen-bond acceptors (Lipinski definition) is 7. The number of carbonyl (C=O) groups is 1. The van der Waals surface area contributed by atoms with Crippen molar-refractivity contribution < 1.29 is 27.2 Å². The summed E-state index contributed by atoms with van der Waals surface area (Å²) in [6.45, 7) is 0. The number of carbonyl (C=O) groups excluding carboxylic acids is 1. The maximum atomic E-state index is 12.3. The Kier molecular flexibility index (Phi) is 6.59. The zero-order valence-electron chi connectivity index (χ0n) is 15.0. The van der Waals surface area contributed by atoms with Crippen molar-refractivity contribution in [1.29, 1.82) is 5.26 Å². The van der Waals surface area contributed by atoms with Gasteiger partial charge in [-0.05, 0) is 30.3 Å². The number of nitriles is 1. The van der Waals surface area contributed by atoms with E-state index >= 15 is 0 Å². The zero-order chi connectivity index (χ0) is 20.7. The van der Waals surface area contributed by atoms with E-state index in [1.54, 1.807) is 24.3 Å². The van der Waals surface area contributed by atoms with Gasteiger partial charge in [-0.15, -0.1) is 0 Å². The van der Waals surface area contributed by atoms with Gasteiger partial charge in [-0.1, -0.05) is 6.07 Å². The molecule has 0 saturated heterocycles. The van der Waals surface area contributed by atoms with Gasteiger partial charge in [-0.25, -0.2) is 0 Å². The van der Waals surface area contributed by atoms with Crippen molar-refractivity contribution in [2.75, 3.05) is 24.9 Å². The third-order valence-electron chi connectivity index (χ3n) is 3.54. The quantitative estimate of drug-likeness (QED) is 0.364. The lowest BCUT2D eigenvalue weighted by Crippen LogP contribution is -2.15. The van der Waals surface area contributed by atoms with E-state index < -0.39 is 16.0 Å². The number of amides is 1. The molecule has 0 aliphatic rings. The molecule has 2 aromatic rings. The van der Waals surface area contributed by atoms with Crippen LogP contribution in [0.25, 0.3) is 0 Å². The van der Waals surface area contributed by atoms with Crippen molar-refractivity contribution in [3.63, 3.8) is 0 Å². The Morgan fingerprint density at radius 1 is 1.18 bits per heavy atom. The molecule has 0 saturated carbocycles. The summed E-state index contributed by atoms with van der Waals surface area (Å²) in [4.78, 5) is 11.9. The van der Waals surface area contributed by atoms with Gasteiger partial charge in [0.15, 0.2) is 0 Å². The average molecular weight is 403 g/mol. The fourth-order valence-corrected chi connectivity index (χ4v) is 2.68. The molecule has 0 bridgehead atoms. The van der Waals surface area contributed by atoms with Crippen molar-refractivity contribution >= 4 is 27.4 Å². The molecule has 0 radical (unpaired) electrons. The summed E-state index contributed by atoms with van der Waals surface area (Å²) in [6.07, 6.45) is 1.19. The molecule has 10 heteroatoms. The second kappa shape index (κ2) is 8.90. The SMILES string of the molecule is COc1ccc(N/C=C(/C#N)C(=O)Nc2cccc(S(=O)(=O)O)c2)c(OC)c1. The zero-order valence-corrected chi connectivity index (χ0v) is 15.8. The minimum Gasteiger partial charge on any atom is -0.497 e. The van der Waals surface area contributed by atoms with Crippen LogP contribution in [0.1, 0.15) is 0 Å². The van der Waals surface area contributed by atoms with Crippen LogP contribution in [0.5, 0.6) is 11.5 Å². The summed E-state index contributed by atoms with van der Waals surface area (Å²) in [7, 11) is -1.44. The van der Waals surface area contributed by atoms with Gasteiger partial charge in [-0.2, -0.15) is 13.7 Å². The van der Waals surface area contributed by atoms with Gasteiger partial charge in [0.05, 0.1) is 24.8 Å². The molecule has 0 fully saturated rings. The molecular formula is C18H17N3O6S. The van der Waals surface area contributed by atoms with Crippen LogP contribution in [-0.2, 0) is 14.9 Å². The van der Waals surface area contributed by atoms with Crippen LogP contribution < -0.4 is 20.1 Å². The van der Waals surface area contributed by atoms with Crippen molar-refractivity contribution in [3.05, 3.63) is 54.2 Å². The smallest absolute Gasteiger partial charge is 0.294 e. The van der Waals surface area contributed by atoms with E-state index in [1.807, 2.05) is 0 Å². The fourth-order valence-electron chi connectivity index (χ4n) is 2.15. The molecule has 0 atom stereocenters. The minimum atomic E-state index is -4.41. The first-order valence-electron chi connectivity index (χ1n) is 7.76. The molecule has 0 heterocycles. The van der Waals surface area contributed by atoms with Crippen LogP contribution in [-0.4, -0.2) is 33.1 Å². The lowest BCUT2D eigenvalue weighted by Gasteiger charge is -2.10. The Morgan fingerprint density at radius 2 is 1.93 bits per heavy atom. The summed E-state index contributed by atoms with van der Waals surface area (Å²) in [5.74, 6) is 0.243. The highest BCUT2D eigenvalue weighted by Gasteiger charge is 2.13. The van der Waals surface area contributed by atoms with Crippen LogP contribution in [0.3, 0.4) is 0 Å². The topological polar surface area (TPSA) is 138 Å². The Balaban J connectivity index is 2.19. The molecule has 0 spiro atoms. The van der Waals surface area contributed by atoms with E-state index in [9.17, 15) is 18.5 Å². The van der Waals surface area contributed by atoms with Crippen LogP contribution >= 0.6 is 0 Å². The number of nitrogens with zero attached hydrogens (tertiary/aromatic N) is 1. The highest BCUT2D eigenvalue weighted by molar-refractivity contribution is 7.85. The fraction of sp³-hybridized carbons (Fsp3) is 0.111. The van der Waals surface area contributed by atoms with E-state index in [4.69, 9.17) is 14.0 Å². The number of nitrogens with one attached hydrogen (secondary N) is 2. The number of hydrogen-bond donors (Lipinski definition) is 3. The van der Waals surface area contributed by atoms with E-state index in [0.717, 1.165) is 6.07 Å². The molecule has 0 aromatic heterocycles. The van der Waals surface area contributed by atoms with Crippen molar-refractivity contribution in [2.24, 2.45) is 0 Å². The van der Waals surface area contributed by atoms with Gasteiger partial charge in [0.2, 0.25) is 0 Å². The van der Waals surface area contributed by atoms with Crippen molar-refractivity contribution in [3.8, 4) is 17.6 Å². The third kappa shape index (κ3) is 5.23. The standard InChI is InChI=1S/C18H17N3O6S/c1-26-14-6-7-16(17(9-14)27-2)20-11-12(10-19)18(22)21-13-4-3-5-15(8-13)28(23,24)25/h3-9,11,20H,1-2H3,(H,21,22)(H,23,24,25)/b12-11-. The lowest BCUT2D eigenvalue weighted by molar-refractivity contribution is -0.112. The molecule has 0 aliphatic carbocycles. The summed E-state index contributed by atoms with van der Waals surface area (Å²) < 4.78 is 41.7. The molecule has 0 unspecified atom stereocenters. The molecule has 146 valence electrons. The molecule has 1 amide bonds. The Morgan fingerprint density at radius 3 is 2.54 bits per heavy atom. The Hall–Kier alpha value is -3.55. The molecule has 0 aliphatic heterocycles. The molecule has 2 rings (SSSR count). The van der Waals surface area contributed by atoms with Gasteiger partial charge in [0.1, 0.15) is 23.1 Å². The molecule has 2 aromatic carbocycles. The lowest BCUT2D eigenvalue weighted by atomic mass is 10.2. The first-order valence-corrected chi connectivity index (χ1v) is 9.20. The summed E-state index contributed by atoms with van der Waals surface area (Å²) in [6, 6.07) is 11.7. The summed E-state index contributed by atoms with van der Waals surface area (Å²) in [5.41, 5.74) is 0.329. The van der Waals surface area contributed by atoms with Crippen LogP contribution in [0.15, 0.2) is 59.1 Å². The minimum absolute atomic E-state index is 0.100. The monoisotopic (exact) mass is 403 g/mol. The molecule has 28 heavy (non-hydrogen) atoms. The second-order valence-electron chi connectivity index (χ2n) is 5.34. The van der Waals surface area contributed by atoms with Gasteiger partial charge in [0, 0.05) is 18.0 Å². The number of anilines is 2. The molecule has 3 N–H and O–H groups in total. The largest absolute Gasteiger partial charge is 0.497 e.